The summed E-state index contributed by atoms with van der Waals surface area (Å²) in [6.45, 7) is 5.92. The molecule has 0 atom stereocenters. The normalized spacial score (nSPS) is 27.5. The standard InChI is InChI=1S/C9H15N3O/c1-7-9(11-8(13)10-7)3-5-12(2)6-4-9/h1,3-6H2,2H3,(H2,10,11,13). The summed E-state index contributed by atoms with van der Waals surface area (Å²) in [7, 11) is 2.10. The van der Waals surface area contributed by atoms with Gasteiger partial charge in [-0.2, -0.15) is 0 Å². The minimum absolute atomic E-state index is 0.102. The number of nitrogens with zero attached hydrogens (tertiary/aromatic N) is 1. The van der Waals surface area contributed by atoms with Gasteiger partial charge in [0.2, 0.25) is 0 Å². The molecule has 2 saturated heterocycles. The summed E-state index contributed by atoms with van der Waals surface area (Å²) in [5, 5.41) is 5.69. The van der Waals surface area contributed by atoms with Gasteiger partial charge in [-0.25, -0.2) is 4.79 Å². The smallest absolute Gasteiger partial charge is 0.319 e. The van der Waals surface area contributed by atoms with Gasteiger partial charge in [0, 0.05) is 18.8 Å². The van der Waals surface area contributed by atoms with Crippen LogP contribution < -0.4 is 10.6 Å². The summed E-state index contributed by atoms with van der Waals surface area (Å²) < 4.78 is 0. The van der Waals surface area contributed by atoms with Crippen molar-refractivity contribution in [3.8, 4) is 0 Å². The zero-order valence-corrected chi connectivity index (χ0v) is 7.89. The van der Waals surface area contributed by atoms with E-state index in [1.54, 1.807) is 0 Å². The van der Waals surface area contributed by atoms with E-state index in [0.717, 1.165) is 31.6 Å². The van der Waals surface area contributed by atoms with E-state index < -0.39 is 0 Å². The van der Waals surface area contributed by atoms with Crippen molar-refractivity contribution in [1.82, 2.24) is 15.5 Å². The van der Waals surface area contributed by atoms with Gasteiger partial charge in [0.1, 0.15) is 0 Å². The van der Waals surface area contributed by atoms with Crippen molar-refractivity contribution in [3.05, 3.63) is 12.3 Å². The summed E-state index contributed by atoms with van der Waals surface area (Å²) in [6.07, 6.45) is 1.92. The van der Waals surface area contributed by atoms with Gasteiger partial charge in [0.15, 0.2) is 0 Å². The molecule has 2 fully saturated rings. The summed E-state index contributed by atoms with van der Waals surface area (Å²) in [5.41, 5.74) is 0.675. The van der Waals surface area contributed by atoms with Crippen LogP contribution in [-0.2, 0) is 0 Å². The Bertz CT molecular complexity index is 254. The third-order valence-electron chi connectivity index (χ3n) is 3.04. The van der Waals surface area contributed by atoms with Crippen molar-refractivity contribution in [2.75, 3.05) is 20.1 Å². The molecule has 0 unspecified atom stereocenters. The van der Waals surface area contributed by atoms with Crippen LogP contribution in [-0.4, -0.2) is 36.6 Å². The average molecular weight is 181 g/mol. The van der Waals surface area contributed by atoms with Crippen molar-refractivity contribution < 1.29 is 4.79 Å². The van der Waals surface area contributed by atoms with E-state index >= 15 is 0 Å². The lowest BCUT2D eigenvalue weighted by atomic mass is 9.86. The highest BCUT2D eigenvalue weighted by Crippen LogP contribution is 2.29. The quantitative estimate of drug-likeness (QED) is 0.563. The lowest BCUT2D eigenvalue weighted by Gasteiger charge is -2.37. The molecule has 0 saturated carbocycles. The van der Waals surface area contributed by atoms with Crippen LogP contribution in [0.15, 0.2) is 12.3 Å². The molecule has 2 rings (SSSR count). The zero-order chi connectivity index (χ0) is 9.47. The number of hydrogen-bond acceptors (Lipinski definition) is 2. The Kier molecular flexibility index (Phi) is 1.80. The predicted molar refractivity (Wildman–Crippen MR) is 50.3 cm³/mol. The number of rotatable bonds is 0. The van der Waals surface area contributed by atoms with E-state index in [9.17, 15) is 4.79 Å². The molecule has 2 aliphatic rings. The Hall–Kier alpha value is -1.03. The monoisotopic (exact) mass is 181 g/mol. The van der Waals surface area contributed by atoms with Crippen molar-refractivity contribution >= 4 is 6.03 Å². The van der Waals surface area contributed by atoms with E-state index in [1.165, 1.54) is 0 Å². The van der Waals surface area contributed by atoms with Gasteiger partial charge in [0.05, 0.1) is 5.54 Å². The Morgan fingerprint density at radius 2 is 2.08 bits per heavy atom. The maximum Gasteiger partial charge on any atom is 0.319 e. The summed E-state index contributed by atoms with van der Waals surface area (Å²) in [5.74, 6) is 0. The minimum Gasteiger partial charge on any atom is -0.327 e. The number of piperidine rings is 1. The van der Waals surface area contributed by atoms with E-state index in [1.807, 2.05) is 0 Å². The molecular weight excluding hydrogens is 166 g/mol. The van der Waals surface area contributed by atoms with Crippen molar-refractivity contribution in [2.24, 2.45) is 0 Å². The fourth-order valence-electron chi connectivity index (χ4n) is 2.01. The molecule has 2 heterocycles. The molecule has 0 aromatic rings. The van der Waals surface area contributed by atoms with Crippen molar-refractivity contribution in [3.63, 3.8) is 0 Å². The number of carbonyl (C=O) groups excluding carboxylic acids is 1. The van der Waals surface area contributed by atoms with Gasteiger partial charge in [0.25, 0.3) is 0 Å². The summed E-state index contributed by atoms with van der Waals surface area (Å²) in [4.78, 5) is 13.4. The van der Waals surface area contributed by atoms with Crippen LogP contribution in [0.4, 0.5) is 4.79 Å². The first-order valence-corrected chi connectivity index (χ1v) is 4.59. The van der Waals surface area contributed by atoms with Crippen LogP contribution in [0.1, 0.15) is 12.8 Å². The molecule has 72 valence electrons. The summed E-state index contributed by atoms with van der Waals surface area (Å²) in [6, 6.07) is -0.102. The number of urea groups is 1. The fourth-order valence-corrected chi connectivity index (χ4v) is 2.01. The molecule has 0 bridgehead atoms. The Morgan fingerprint density at radius 1 is 1.46 bits per heavy atom. The van der Waals surface area contributed by atoms with Gasteiger partial charge >= 0.3 is 6.03 Å². The SMILES string of the molecule is C=C1NC(=O)NC12CCN(C)CC2. The molecule has 2 N–H and O–H groups in total. The molecule has 4 nitrogen and oxygen atoms in total. The van der Waals surface area contributed by atoms with Crippen molar-refractivity contribution in [1.29, 1.82) is 0 Å². The Morgan fingerprint density at radius 3 is 2.54 bits per heavy atom. The van der Waals surface area contributed by atoms with Gasteiger partial charge in [-0.05, 0) is 19.9 Å². The molecule has 4 heteroatoms. The van der Waals surface area contributed by atoms with Crippen molar-refractivity contribution in [2.45, 2.75) is 18.4 Å². The van der Waals surface area contributed by atoms with Crippen LogP contribution in [0, 0.1) is 0 Å². The van der Waals surface area contributed by atoms with Gasteiger partial charge in [-0.1, -0.05) is 6.58 Å². The highest BCUT2D eigenvalue weighted by atomic mass is 16.2. The second kappa shape index (κ2) is 2.73. The maximum atomic E-state index is 11.1. The van der Waals surface area contributed by atoms with Crippen LogP contribution in [0.3, 0.4) is 0 Å². The van der Waals surface area contributed by atoms with Gasteiger partial charge in [-0.15, -0.1) is 0 Å². The van der Waals surface area contributed by atoms with Crippen LogP contribution in [0.2, 0.25) is 0 Å². The highest BCUT2D eigenvalue weighted by molar-refractivity contribution is 5.81. The second-order valence-electron chi connectivity index (χ2n) is 3.94. The van der Waals surface area contributed by atoms with E-state index in [0.29, 0.717) is 0 Å². The first-order valence-electron chi connectivity index (χ1n) is 4.59. The molecule has 0 aromatic carbocycles. The molecule has 1 spiro atoms. The molecule has 0 radical (unpaired) electrons. The zero-order valence-electron chi connectivity index (χ0n) is 7.89. The Labute approximate surface area is 78.0 Å². The van der Waals surface area contributed by atoms with Crippen LogP contribution in [0.5, 0.6) is 0 Å². The topological polar surface area (TPSA) is 44.4 Å². The average Bonchev–Trinajstić information content (AvgIpc) is 2.34. The number of carbonyl (C=O) groups is 1. The highest BCUT2D eigenvalue weighted by Gasteiger charge is 2.42. The number of amides is 2. The number of likely N-dealkylation sites (tertiary alicyclic amines) is 1. The maximum absolute atomic E-state index is 11.1. The first-order chi connectivity index (χ1) is 6.12. The van der Waals surface area contributed by atoms with Crippen LogP contribution in [0.25, 0.3) is 0 Å². The molecular formula is C9H15N3O. The van der Waals surface area contributed by atoms with Gasteiger partial charge < -0.3 is 15.5 Å². The molecule has 2 amide bonds. The lowest BCUT2D eigenvalue weighted by Crippen LogP contribution is -2.50. The van der Waals surface area contributed by atoms with Gasteiger partial charge in [-0.3, -0.25) is 0 Å². The third-order valence-corrected chi connectivity index (χ3v) is 3.04. The molecule has 0 aliphatic carbocycles. The largest absolute Gasteiger partial charge is 0.327 e. The summed E-state index contributed by atoms with van der Waals surface area (Å²) >= 11 is 0. The number of nitrogens with one attached hydrogen (secondary N) is 2. The van der Waals surface area contributed by atoms with E-state index in [-0.39, 0.29) is 11.6 Å². The number of hydrogen-bond donors (Lipinski definition) is 2. The lowest BCUT2D eigenvalue weighted by molar-refractivity contribution is 0.195. The predicted octanol–water partition coefficient (Wildman–Crippen LogP) is 0.277. The van der Waals surface area contributed by atoms with E-state index in [2.05, 4.69) is 29.2 Å². The Balaban J connectivity index is 2.13. The second-order valence-corrected chi connectivity index (χ2v) is 3.94. The molecule has 0 aromatic heterocycles. The first kappa shape index (κ1) is 8.56. The molecule has 13 heavy (non-hydrogen) atoms. The molecule has 2 aliphatic heterocycles. The van der Waals surface area contributed by atoms with Crippen LogP contribution >= 0.6 is 0 Å². The van der Waals surface area contributed by atoms with E-state index in [4.69, 9.17) is 0 Å². The minimum atomic E-state index is -0.163. The fraction of sp³-hybridized carbons (Fsp3) is 0.667. The third kappa shape index (κ3) is 1.31.